The Kier molecular flexibility index (Phi) is 4.76. The highest BCUT2D eigenvalue weighted by Crippen LogP contribution is 2.28. The molecule has 0 heterocycles. The smallest absolute Gasteiger partial charge is 0.261 e. The van der Waals surface area contributed by atoms with Crippen LogP contribution >= 0.6 is 0 Å². The maximum absolute atomic E-state index is 14.2. The van der Waals surface area contributed by atoms with E-state index in [-0.39, 0.29) is 22.4 Å². The van der Waals surface area contributed by atoms with Crippen LogP contribution in [0.2, 0.25) is 0 Å². The van der Waals surface area contributed by atoms with Crippen molar-refractivity contribution in [3.8, 4) is 5.75 Å². The van der Waals surface area contributed by atoms with Crippen LogP contribution in [0.25, 0.3) is 0 Å². The van der Waals surface area contributed by atoms with Crippen molar-refractivity contribution in [3.05, 3.63) is 53.8 Å². The molecule has 0 aliphatic heterocycles. The Morgan fingerprint density at radius 3 is 2.38 bits per heavy atom. The largest absolute Gasteiger partial charge is 0.487 e. The van der Waals surface area contributed by atoms with E-state index in [0.29, 0.717) is 0 Å². The number of ether oxygens (including phenoxy) is 1. The van der Waals surface area contributed by atoms with Crippen LogP contribution in [-0.4, -0.2) is 14.5 Å². The summed E-state index contributed by atoms with van der Waals surface area (Å²) in [5.74, 6) is -0.397. The minimum atomic E-state index is -3.74. The summed E-state index contributed by atoms with van der Waals surface area (Å²) in [7, 11) is -3.74. The second-order valence-electron chi connectivity index (χ2n) is 6.09. The van der Waals surface area contributed by atoms with E-state index in [1.165, 1.54) is 24.3 Å². The van der Waals surface area contributed by atoms with E-state index in [9.17, 15) is 12.8 Å². The number of hydrogen-bond acceptors (Lipinski definition) is 3. The van der Waals surface area contributed by atoms with Crippen LogP contribution in [0.15, 0.2) is 47.4 Å². The zero-order chi connectivity index (χ0) is 17.2. The first-order chi connectivity index (χ1) is 11.4. The molecule has 0 bridgehead atoms. The lowest BCUT2D eigenvalue weighted by Crippen LogP contribution is -2.14. The minimum Gasteiger partial charge on any atom is -0.487 e. The molecule has 24 heavy (non-hydrogen) atoms. The van der Waals surface area contributed by atoms with Crippen LogP contribution in [0, 0.1) is 12.7 Å². The molecule has 0 atom stereocenters. The van der Waals surface area contributed by atoms with Crippen LogP contribution < -0.4 is 9.46 Å². The summed E-state index contributed by atoms with van der Waals surface area (Å²) in [4.78, 5) is 0.139. The first-order valence-corrected chi connectivity index (χ1v) is 9.48. The van der Waals surface area contributed by atoms with Gasteiger partial charge in [-0.1, -0.05) is 17.7 Å². The number of hydrogen-bond donors (Lipinski definition) is 1. The van der Waals surface area contributed by atoms with Gasteiger partial charge in [-0.15, -0.1) is 0 Å². The van der Waals surface area contributed by atoms with Gasteiger partial charge in [0.15, 0.2) is 11.6 Å². The zero-order valence-electron chi connectivity index (χ0n) is 13.5. The van der Waals surface area contributed by atoms with Crippen molar-refractivity contribution in [3.63, 3.8) is 0 Å². The summed E-state index contributed by atoms with van der Waals surface area (Å²) < 4.78 is 46.8. The molecule has 0 aromatic heterocycles. The highest BCUT2D eigenvalue weighted by atomic mass is 32.2. The minimum absolute atomic E-state index is 0.0506. The summed E-state index contributed by atoms with van der Waals surface area (Å²) in [5, 5.41) is 0. The summed E-state index contributed by atoms with van der Waals surface area (Å²) in [6.07, 6.45) is 4.11. The quantitative estimate of drug-likeness (QED) is 0.878. The number of aryl methyl sites for hydroxylation is 1. The first-order valence-electron chi connectivity index (χ1n) is 8.00. The SMILES string of the molecule is Cc1ccc(S(=O)(=O)Nc2ccc(OC3CCCC3)c(F)c2)cc1. The third-order valence-electron chi connectivity index (χ3n) is 4.11. The maximum Gasteiger partial charge on any atom is 0.261 e. The third kappa shape index (κ3) is 3.87. The lowest BCUT2D eigenvalue weighted by molar-refractivity contribution is 0.201. The Hall–Kier alpha value is -2.08. The van der Waals surface area contributed by atoms with E-state index >= 15 is 0 Å². The van der Waals surface area contributed by atoms with Gasteiger partial charge in [0.2, 0.25) is 0 Å². The molecule has 0 saturated heterocycles. The third-order valence-corrected chi connectivity index (χ3v) is 5.51. The summed E-state index contributed by atoms with van der Waals surface area (Å²) >= 11 is 0. The van der Waals surface area contributed by atoms with Gasteiger partial charge in [0.1, 0.15) is 0 Å². The standard InChI is InChI=1S/C18H20FNO3S/c1-13-6-9-16(10-7-13)24(21,22)20-14-8-11-18(17(19)12-14)23-15-4-2-3-5-15/h6-12,15,20H,2-5H2,1H3. The molecule has 1 aliphatic rings. The Balaban J connectivity index is 1.75. The van der Waals surface area contributed by atoms with E-state index < -0.39 is 15.8 Å². The van der Waals surface area contributed by atoms with Crippen LogP contribution in [0.4, 0.5) is 10.1 Å². The molecule has 1 aliphatic carbocycles. The fourth-order valence-electron chi connectivity index (χ4n) is 2.78. The molecule has 0 spiro atoms. The van der Waals surface area contributed by atoms with E-state index in [0.717, 1.165) is 37.3 Å². The van der Waals surface area contributed by atoms with Gasteiger partial charge in [0.25, 0.3) is 10.0 Å². The van der Waals surface area contributed by atoms with Gasteiger partial charge in [-0.25, -0.2) is 12.8 Å². The van der Waals surface area contributed by atoms with E-state index in [2.05, 4.69) is 4.72 Å². The van der Waals surface area contributed by atoms with Gasteiger partial charge in [0, 0.05) is 6.07 Å². The van der Waals surface area contributed by atoms with Gasteiger partial charge in [0.05, 0.1) is 16.7 Å². The van der Waals surface area contributed by atoms with Gasteiger partial charge < -0.3 is 4.74 Å². The van der Waals surface area contributed by atoms with Crippen molar-refractivity contribution in [2.75, 3.05) is 4.72 Å². The van der Waals surface area contributed by atoms with E-state index in [1.807, 2.05) is 6.92 Å². The Labute approximate surface area is 141 Å². The fraction of sp³-hybridized carbons (Fsp3) is 0.333. The molecule has 2 aromatic carbocycles. The number of rotatable bonds is 5. The molecule has 1 N–H and O–H groups in total. The topological polar surface area (TPSA) is 55.4 Å². The molecule has 0 amide bonds. The molecule has 3 rings (SSSR count). The highest BCUT2D eigenvalue weighted by molar-refractivity contribution is 7.92. The highest BCUT2D eigenvalue weighted by Gasteiger charge is 2.19. The lowest BCUT2D eigenvalue weighted by atomic mass is 10.2. The van der Waals surface area contributed by atoms with Crippen molar-refractivity contribution in [2.45, 2.75) is 43.6 Å². The predicted molar refractivity (Wildman–Crippen MR) is 91.3 cm³/mol. The molecule has 0 radical (unpaired) electrons. The van der Waals surface area contributed by atoms with Crippen LogP contribution in [0.3, 0.4) is 0 Å². The molecule has 6 heteroatoms. The van der Waals surface area contributed by atoms with E-state index in [1.54, 1.807) is 12.1 Å². The summed E-state index contributed by atoms with van der Waals surface area (Å²) in [6.45, 7) is 1.88. The summed E-state index contributed by atoms with van der Waals surface area (Å²) in [5.41, 5.74) is 1.14. The first kappa shape index (κ1) is 16.8. The molecular formula is C18H20FNO3S. The second-order valence-corrected chi connectivity index (χ2v) is 7.77. The molecule has 1 fully saturated rings. The molecule has 2 aromatic rings. The van der Waals surface area contributed by atoms with E-state index in [4.69, 9.17) is 4.74 Å². The number of nitrogens with one attached hydrogen (secondary N) is 1. The van der Waals surface area contributed by atoms with Gasteiger partial charge in [-0.2, -0.15) is 0 Å². The number of halogens is 1. The van der Waals surface area contributed by atoms with Crippen molar-refractivity contribution in [1.82, 2.24) is 0 Å². The normalized spacial score (nSPS) is 15.4. The fourth-order valence-corrected chi connectivity index (χ4v) is 3.83. The Morgan fingerprint density at radius 2 is 1.75 bits per heavy atom. The number of sulfonamides is 1. The summed E-state index contributed by atoms with van der Waals surface area (Å²) in [6, 6.07) is 10.6. The number of benzene rings is 2. The van der Waals surface area contributed by atoms with Crippen LogP contribution in [0.1, 0.15) is 31.2 Å². The average Bonchev–Trinajstić information content (AvgIpc) is 3.03. The number of anilines is 1. The Bertz CT molecular complexity index is 813. The van der Waals surface area contributed by atoms with Gasteiger partial charge >= 0.3 is 0 Å². The lowest BCUT2D eigenvalue weighted by Gasteiger charge is -2.15. The monoisotopic (exact) mass is 349 g/mol. The van der Waals surface area contributed by atoms with Crippen LogP contribution in [0.5, 0.6) is 5.75 Å². The van der Waals surface area contributed by atoms with Crippen molar-refractivity contribution >= 4 is 15.7 Å². The second kappa shape index (κ2) is 6.81. The predicted octanol–water partition coefficient (Wildman–Crippen LogP) is 4.26. The molecular weight excluding hydrogens is 329 g/mol. The van der Waals surface area contributed by atoms with Crippen molar-refractivity contribution < 1.29 is 17.5 Å². The van der Waals surface area contributed by atoms with Crippen LogP contribution in [-0.2, 0) is 10.0 Å². The van der Waals surface area contributed by atoms with Crippen molar-refractivity contribution in [1.29, 1.82) is 0 Å². The molecule has 1 saturated carbocycles. The maximum atomic E-state index is 14.2. The van der Waals surface area contributed by atoms with Crippen molar-refractivity contribution in [2.24, 2.45) is 0 Å². The molecule has 128 valence electrons. The van der Waals surface area contributed by atoms with Gasteiger partial charge in [-0.3, -0.25) is 4.72 Å². The van der Waals surface area contributed by atoms with Gasteiger partial charge in [-0.05, 0) is 56.9 Å². The average molecular weight is 349 g/mol. The Morgan fingerprint density at radius 1 is 1.08 bits per heavy atom. The molecule has 0 unspecified atom stereocenters. The molecule has 4 nitrogen and oxygen atoms in total. The zero-order valence-corrected chi connectivity index (χ0v) is 14.3.